The van der Waals surface area contributed by atoms with E-state index in [1.807, 2.05) is 0 Å². The average Bonchev–Trinajstić information content (AvgIpc) is 2.20. The van der Waals surface area contributed by atoms with Crippen LogP contribution in [0.4, 0.5) is 0 Å². The molecule has 94 valence electrons. The van der Waals surface area contributed by atoms with Gasteiger partial charge in [0.05, 0.1) is 13.2 Å². The highest BCUT2D eigenvalue weighted by Gasteiger charge is 2.78. The number of hydrogen-bond acceptors (Lipinski definition) is 6. The molecule has 0 aromatic carbocycles. The molecule has 0 radical (unpaired) electrons. The fraction of sp³-hybridized carbons (Fsp3) is 1.00. The van der Waals surface area contributed by atoms with Gasteiger partial charge in [0.1, 0.15) is 35.6 Å². The van der Waals surface area contributed by atoms with Crippen LogP contribution in [0, 0.1) is 0 Å². The van der Waals surface area contributed by atoms with Gasteiger partial charge >= 0.3 is 0 Å². The maximum absolute atomic E-state index is 10.4. The molecule has 4 bridgehead atoms. The number of ether oxygens (including phenoxy) is 5. The molecule has 2 spiro atoms. The lowest BCUT2D eigenvalue weighted by molar-refractivity contribution is -0.546. The summed E-state index contributed by atoms with van der Waals surface area (Å²) in [4.78, 5) is 0. The Labute approximate surface area is 97.7 Å². The SMILES string of the molecule is OC1C2OC3OC1C1(CCO1)C(O3)C21CCO1. The van der Waals surface area contributed by atoms with E-state index in [2.05, 4.69) is 0 Å². The van der Waals surface area contributed by atoms with Crippen molar-refractivity contribution in [1.29, 1.82) is 0 Å². The van der Waals surface area contributed by atoms with Gasteiger partial charge in [-0.05, 0) is 0 Å². The summed E-state index contributed by atoms with van der Waals surface area (Å²) in [5.74, 6) is 0. The Balaban J connectivity index is 1.66. The molecule has 0 amide bonds. The van der Waals surface area contributed by atoms with Crippen LogP contribution >= 0.6 is 0 Å². The van der Waals surface area contributed by atoms with E-state index < -0.39 is 23.8 Å². The fourth-order valence-corrected chi connectivity index (χ4v) is 4.06. The molecule has 4 unspecified atom stereocenters. The second-order valence-electron chi connectivity index (χ2n) is 5.52. The average molecular weight is 242 g/mol. The Morgan fingerprint density at radius 2 is 1.41 bits per heavy atom. The second-order valence-corrected chi connectivity index (χ2v) is 5.52. The van der Waals surface area contributed by atoms with Crippen molar-refractivity contribution >= 4 is 0 Å². The van der Waals surface area contributed by atoms with Gasteiger partial charge in [0, 0.05) is 12.8 Å². The van der Waals surface area contributed by atoms with Crippen molar-refractivity contribution in [2.24, 2.45) is 0 Å². The first kappa shape index (κ1) is 9.66. The lowest BCUT2D eigenvalue weighted by Crippen LogP contribution is -2.89. The van der Waals surface area contributed by atoms with E-state index in [9.17, 15) is 5.11 Å². The van der Waals surface area contributed by atoms with E-state index >= 15 is 0 Å². The molecule has 1 saturated carbocycles. The van der Waals surface area contributed by atoms with Crippen molar-refractivity contribution in [1.82, 2.24) is 0 Å². The number of aliphatic hydroxyl groups excluding tert-OH is 1. The fourth-order valence-electron chi connectivity index (χ4n) is 4.06. The minimum absolute atomic E-state index is 0.164. The zero-order valence-electron chi connectivity index (χ0n) is 9.20. The topological polar surface area (TPSA) is 66.4 Å². The van der Waals surface area contributed by atoms with Gasteiger partial charge < -0.3 is 28.8 Å². The standard InChI is InChI=1S/C11H14O6/c12-5-6-10(1-3-13-10)8-11(2-4-14-11)7(5)16-9(15-6)17-8/h5-9,12H,1-4H2. The molecule has 6 heteroatoms. The van der Waals surface area contributed by atoms with E-state index in [-0.39, 0.29) is 18.3 Å². The van der Waals surface area contributed by atoms with Gasteiger partial charge in [0.15, 0.2) is 0 Å². The molecule has 5 aliphatic heterocycles. The summed E-state index contributed by atoms with van der Waals surface area (Å²) in [6, 6.07) is 0. The molecular weight excluding hydrogens is 228 g/mol. The Morgan fingerprint density at radius 1 is 0.882 bits per heavy atom. The molecule has 6 rings (SSSR count). The zero-order chi connectivity index (χ0) is 11.3. The first-order valence-corrected chi connectivity index (χ1v) is 6.19. The smallest absolute Gasteiger partial charge is 0.273 e. The van der Waals surface area contributed by atoms with Crippen LogP contribution in [0.2, 0.25) is 0 Å². The predicted octanol–water partition coefficient (Wildman–Crippen LogP) is -0.855. The number of aliphatic hydroxyl groups is 1. The van der Waals surface area contributed by atoms with Crippen molar-refractivity contribution in [2.45, 2.75) is 54.9 Å². The molecule has 0 aromatic rings. The summed E-state index contributed by atoms with van der Waals surface area (Å²) in [7, 11) is 0. The predicted molar refractivity (Wildman–Crippen MR) is 51.0 cm³/mol. The van der Waals surface area contributed by atoms with Crippen LogP contribution < -0.4 is 0 Å². The van der Waals surface area contributed by atoms with Gasteiger partial charge in [-0.2, -0.15) is 0 Å². The van der Waals surface area contributed by atoms with Gasteiger partial charge in [-0.15, -0.1) is 0 Å². The third-order valence-corrected chi connectivity index (χ3v) is 4.96. The maximum Gasteiger partial charge on any atom is 0.273 e. The van der Waals surface area contributed by atoms with Crippen molar-refractivity contribution in [3.8, 4) is 0 Å². The highest BCUT2D eigenvalue weighted by Crippen LogP contribution is 2.59. The van der Waals surface area contributed by atoms with Crippen LogP contribution in [0.15, 0.2) is 0 Å². The second kappa shape index (κ2) is 2.68. The van der Waals surface area contributed by atoms with E-state index in [0.29, 0.717) is 13.2 Å². The number of rotatable bonds is 0. The van der Waals surface area contributed by atoms with Gasteiger partial charge in [-0.1, -0.05) is 0 Å². The third kappa shape index (κ3) is 0.836. The van der Waals surface area contributed by atoms with Crippen molar-refractivity contribution < 1.29 is 28.8 Å². The van der Waals surface area contributed by atoms with E-state index in [4.69, 9.17) is 23.7 Å². The first-order chi connectivity index (χ1) is 8.26. The van der Waals surface area contributed by atoms with Gasteiger partial charge in [0.2, 0.25) is 0 Å². The van der Waals surface area contributed by atoms with Crippen molar-refractivity contribution in [2.75, 3.05) is 13.2 Å². The molecule has 6 fully saturated rings. The summed E-state index contributed by atoms with van der Waals surface area (Å²) < 4.78 is 28.4. The van der Waals surface area contributed by atoms with Crippen LogP contribution in [0.5, 0.6) is 0 Å². The quantitative estimate of drug-likeness (QED) is 0.596. The van der Waals surface area contributed by atoms with Gasteiger partial charge in [-0.25, -0.2) is 0 Å². The molecule has 5 heterocycles. The monoisotopic (exact) mass is 242 g/mol. The lowest BCUT2D eigenvalue weighted by Gasteiger charge is -2.71. The normalized spacial score (nSPS) is 67.2. The molecule has 6 aliphatic rings. The van der Waals surface area contributed by atoms with Crippen LogP contribution in [0.1, 0.15) is 12.8 Å². The molecule has 4 atom stereocenters. The Hall–Kier alpha value is -0.240. The molecule has 1 aliphatic carbocycles. The molecule has 6 nitrogen and oxygen atoms in total. The highest BCUT2D eigenvalue weighted by molar-refractivity contribution is 5.24. The largest absolute Gasteiger partial charge is 0.387 e. The third-order valence-electron chi connectivity index (χ3n) is 4.96. The summed E-state index contributed by atoms with van der Waals surface area (Å²) in [6.07, 6.45) is 0.172. The Kier molecular flexibility index (Phi) is 1.53. The van der Waals surface area contributed by atoms with E-state index in [1.54, 1.807) is 0 Å². The lowest BCUT2D eigenvalue weighted by atomic mass is 9.60. The molecule has 17 heavy (non-hydrogen) atoms. The van der Waals surface area contributed by atoms with Crippen molar-refractivity contribution in [3.05, 3.63) is 0 Å². The number of hydrogen-bond donors (Lipinski definition) is 1. The highest BCUT2D eigenvalue weighted by atomic mass is 16.9. The minimum Gasteiger partial charge on any atom is -0.387 e. The van der Waals surface area contributed by atoms with Gasteiger partial charge in [0.25, 0.3) is 6.48 Å². The zero-order valence-corrected chi connectivity index (χ0v) is 9.20. The van der Waals surface area contributed by atoms with E-state index in [1.165, 1.54) is 0 Å². The maximum atomic E-state index is 10.4. The summed E-state index contributed by atoms with van der Waals surface area (Å²) in [6.45, 7) is 0.722. The van der Waals surface area contributed by atoms with Crippen LogP contribution in [-0.2, 0) is 23.7 Å². The van der Waals surface area contributed by atoms with Crippen LogP contribution in [0.25, 0.3) is 0 Å². The molecule has 1 N–H and O–H groups in total. The first-order valence-electron chi connectivity index (χ1n) is 6.19. The van der Waals surface area contributed by atoms with Gasteiger partial charge in [-0.3, -0.25) is 0 Å². The molecular formula is C11H14O6. The van der Waals surface area contributed by atoms with Crippen LogP contribution in [-0.4, -0.2) is 60.4 Å². The summed E-state index contributed by atoms with van der Waals surface area (Å²) in [5.41, 5.74) is -1.03. The van der Waals surface area contributed by atoms with Crippen molar-refractivity contribution in [3.63, 3.8) is 0 Å². The molecule has 5 saturated heterocycles. The molecule has 0 aromatic heterocycles. The minimum atomic E-state index is -0.688. The Morgan fingerprint density at radius 3 is 1.82 bits per heavy atom. The Bertz CT molecular complexity index is 344. The summed E-state index contributed by atoms with van der Waals surface area (Å²) >= 11 is 0. The summed E-state index contributed by atoms with van der Waals surface area (Å²) in [5, 5.41) is 10.4. The van der Waals surface area contributed by atoms with E-state index in [0.717, 1.165) is 12.8 Å². The van der Waals surface area contributed by atoms with Crippen LogP contribution in [0.3, 0.4) is 0 Å².